The molecule has 1 aromatic rings. The van der Waals surface area contributed by atoms with Crippen LogP contribution in [-0.2, 0) is 9.84 Å². The zero-order chi connectivity index (χ0) is 15.5. The van der Waals surface area contributed by atoms with Crippen LogP contribution in [0.3, 0.4) is 0 Å². The summed E-state index contributed by atoms with van der Waals surface area (Å²) < 4.78 is 49.2. The normalized spacial score (nSPS) is 20.9. The Labute approximate surface area is 123 Å². The number of hydrogen-bond donors (Lipinski definition) is 1. The molecule has 0 amide bonds. The molecule has 1 saturated heterocycles. The lowest BCUT2D eigenvalue weighted by Gasteiger charge is -2.21. The molecule has 4 nitrogen and oxygen atoms in total. The first-order valence-electron chi connectivity index (χ1n) is 6.92. The molecule has 1 aliphatic rings. The van der Waals surface area contributed by atoms with E-state index in [0.717, 1.165) is 18.2 Å². The second kappa shape index (κ2) is 6.81. The van der Waals surface area contributed by atoms with Crippen molar-refractivity contribution >= 4 is 9.84 Å². The van der Waals surface area contributed by atoms with Crippen LogP contribution in [0.25, 0.3) is 0 Å². The number of benzene rings is 1. The van der Waals surface area contributed by atoms with Gasteiger partial charge in [0.1, 0.15) is 11.6 Å². The lowest BCUT2D eigenvalue weighted by atomic mass is 10.1. The summed E-state index contributed by atoms with van der Waals surface area (Å²) in [5, 5.41) is 9.99. The van der Waals surface area contributed by atoms with Gasteiger partial charge in [-0.15, -0.1) is 0 Å². The first-order chi connectivity index (χ1) is 9.85. The third kappa shape index (κ3) is 5.01. The number of aliphatic hydroxyl groups excluding tert-OH is 1. The fourth-order valence-corrected chi connectivity index (χ4v) is 3.76. The lowest BCUT2D eigenvalue weighted by molar-refractivity contribution is 0.143. The molecule has 0 radical (unpaired) electrons. The maximum atomic E-state index is 13.1. The summed E-state index contributed by atoms with van der Waals surface area (Å²) >= 11 is 0. The second-order valence-corrected chi connectivity index (χ2v) is 7.66. The van der Waals surface area contributed by atoms with Crippen molar-refractivity contribution in [2.75, 3.05) is 31.1 Å². The van der Waals surface area contributed by atoms with E-state index in [2.05, 4.69) is 0 Å². The van der Waals surface area contributed by atoms with Gasteiger partial charge < -0.3 is 10.0 Å². The summed E-state index contributed by atoms with van der Waals surface area (Å²) in [4.78, 5) is 1.96. The molecule has 21 heavy (non-hydrogen) atoms. The Bertz CT molecular complexity index is 572. The lowest BCUT2D eigenvalue weighted by Crippen LogP contribution is -2.29. The topological polar surface area (TPSA) is 57.6 Å². The van der Waals surface area contributed by atoms with E-state index >= 15 is 0 Å². The molecular weight excluding hydrogens is 300 g/mol. The zero-order valence-corrected chi connectivity index (χ0v) is 12.5. The van der Waals surface area contributed by atoms with Crippen LogP contribution in [0.5, 0.6) is 0 Å². The molecule has 0 spiro atoms. The van der Waals surface area contributed by atoms with Crippen LogP contribution in [0.4, 0.5) is 8.78 Å². The number of rotatable bonds is 4. The van der Waals surface area contributed by atoms with Gasteiger partial charge in [0.15, 0.2) is 9.84 Å². The maximum absolute atomic E-state index is 13.1. The van der Waals surface area contributed by atoms with E-state index in [-0.39, 0.29) is 17.1 Å². The number of hydrogen-bond acceptors (Lipinski definition) is 4. The standard InChI is InChI=1S/C14H19F2NO3S/c15-12-8-11(9-13(16)10-12)14(18)2-4-17-3-1-6-21(19,20)7-5-17/h8-10,14,18H,1-7H2. The molecular formula is C14H19F2NO3S. The van der Waals surface area contributed by atoms with Crippen molar-refractivity contribution in [3.05, 3.63) is 35.4 Å². The van der Waals surface area contributed by atoms with E-state index in [4.69, 9.17) is 0 Å². The highest BCUT2D eigenvalue weighted by Crippen LogP contribution is 2.20. The van der Waals surface area contributed by atoms with Crippen LogP contribution < -0.4 is 0 Å². The minimum absolute atomic E-state index is 0.123. The highest BCUT2D eigenvalue weighted by Gasteiger charge is 2.20. The average Bonchev–Trinajstić information content (AvgIpc) is 2.56. The first kappa shape index (κ1) is 16.3. The highest BCUT2D eigenvalue weighted by atomic mass is 32.2. The van der Waals surface area contributed by atoms with Gasteiger partial charge in [-0.05, 0) is 37.1 Å². The average molecular weight is 319 g/mol. The molecule has 1 fully saturated rings. The third-order valence-corrected chi connectivity index (χ3v) is 5.35. The fourth-order valence-electron chi connectivity index (χ4n) is 2.45. The van der Waals surface area contributed by atoms with Gasteiger partial charge in [0.05, 0.1) is 17.6 Å². The molecule has 118 valence electrons. The van der Waals surface area contributed by atoms with Gasteiger partial charge in [0, 0.05) is 19.2 Å². The highest BCUT2D eigenvalue weighted by molar-refractivity contribution is 7.91. The molecule has 0 saturated carbocycles. The largest absolute Gasteiger partial charge is 0.388 e. The van der Waals surface area contributed by atoms with Crippen molar-refractivity contribution in [2.24, 2.45) is 0 Å². The third-order valence-electron chi connectivity index (χ3n) is 3.64. The van der Waals surface area contributed by atoms with Crippen LogP contribution >= 0.6 is 0 Å². The van der Waals surface area contributed by atoms with Gasteiger partial charge in [-0.3, -0.25) is 0 Å². The molecule has 1 aromatic carbocycles. The van der Waals surface area contributed by atoms with Gasteiger partial charge in [0.2, 0.25) is 0 Å². The first-order valence-corrected chi connectivity index (χ1v) is 8.75. The molecule has 0 aliphatic carbocycles. The molecule has 1 heterocycles. The van der Waals surface area contributed by atoms with Crippen LogP contribution in [-0.4, -0.2) is 49.6 Å². The summed E-state index contributed by atoms with van der Waals surface area (Å²) in [6.07, 6.45) is -0.0780. The molecule has 1 N–H and O–H groups in total. The monoisotopic (exact) mass is 319 g/mol. The number of nitrogens with zero attached hydrogens (tertiary/aromatic N) is 1. The van der Waals surface area contributed by atoms with Crippen LogP contribution in [0.2, 0.25) is 0 Å². The van der Waals surface area contributed by atoms with Crippen molar-refractivity contribution in [1.29, 1.82) is 0 Å². The van der Waals surface area contributed by atoms with Crippen molar-refractivity contribution in [3.63, 3.8) is 0 Å². The molecule has 1 aliphatic heterocycles. The molecule has 0 aromatic heterocycles. The van der Waals surface area contributed by atoms with Gasteiger partial charge in [0.25, 0.3) is 0 Å². The van der Waals surface area contributed by atoms with E-state index < -0.39 is 27.6 Å². The van der Waals surface area contributed by atoms with Gasteiger partial charge in [-0.2, -0.15) is 0 Å². The van der Waals surface area contributed by atoms with E-state index in [1.165, 1.54) is 0 Å². The van der Waals surface area contributed by atoms with Crippen molar-refractivity contribution in [2.45, 2.75) is 18.9 Å². The van der Waals surface area contributed by atoms with Crippen LogP contribution in [0.1, 0.15) is 24.5 Å². The Kier molecular flexibility index (Phi) is 5.29. The fraction of sp³-hybridized carbons (Fsp3) is 0.571. The Morgan fingerprint density at radius 1 is 1.14 bits per heavy atom. The Morgan fingerprint density at radius 2 is 1.81 bits per heavy atom. The van der Waals surface area contributed by atoms with Gasteiger partial charge in [-0.25, -0.2) is 17.2 Å². The second-order valence-electron chi connectivity index (χ2n) is 5.35. The Hall–Kier alpha value is -1.05. The molecule has 7 heteroatoms. The minimum atomic E-state index is -2.96. The van der Waals surface area contributed by atoms with E-state index in [0.29, 0.717) is 32.5 Å². The van der Waals surface area contributed by atoms with Crippen molar-refractivity contribution in [1.82, 2.24) is 4.90 Å². The predicted octanol–water partition coefficient (Wildman–Crippen LogP) is 1.51. The number of halogens is 2. The SMILES string of the molecule is O=S1(=O)CCCN(CCC(O)c2cc(F)cc(F)c2)CC1. The molecule has 1 atom stereocenters. The molecule has 1 unspecified atom stereocenters. The summed E-state index contributed by atoms with van der Waals surface area (Å²) in [5.74, 6) is -1.12. The van der Waals surface area contributed by atoms with Crippen LogP contribution in [0, 0.1) is 11.6 Å². The van der Waals surface area contributed by atoms with Crippen LogP contribution in [0.15, 0.2) is 18.2 Å². The van der Waals surface area contributed by atoms with Crippen molar-refractivity contribution in [3.8, 4) is 0 Å². The van der Waals surface area contributed by atoms with Gasteiger partial charge in [-0.1, -0.05) is 0 Å². The maximum Gasteiger partial charge on any atom is 0.151 e. The zero-order valence-electron chi connectivity index (χ0n) is 11.6. The predicted molar refractivity (Wildman–Crippen MR) is 75.6 cm³/mol. The summed E-state index contributed by atoms with van der Waals surface area (Å²) in [6, 6.07) is 2.98. The number of sulfone groups is 1. The summed E-state index contributed by atoms with van der Waals surface area (Å²) in [7, 11) is -2.96. The molecule has 2 rings (SSSR count). The molecule has 0 bridgehead atoms. The minimum Gasteiger partial charge on any atom is -0.388 e. The Balaban J connectivity index is 1.90. The van der Waals surface area contributed by atoms with Gasteiger partial charge >= 0.3 is 0 Å². The summed E-state index contributed by atoms with van der Waals surface area (Å²) in [5.41, 5.74) is 0.204. The summed E-state index contributed by atoms with van der Waals surface area (Å²) in [6.45, 7) is 1.59. The quantitative estimate of drug-likeness (QED) is 0.914. The smallest absolute Gasteiger partial charge is 0.151 e. The van der Waals surface area contributed by atoms with E-state index in [1.807, 2.05) is 4.90 Å². The Morgan fingerprint density at radius 3 is 2.48 bits per heavy atom. The van der Waals surface area contributed by atoms with E-state index in [9.17, 15) is 22.3 Å². The van der Waals surface area contributed by atoms with E-state index in [1.54, 1.807) is 0 Å². The number of aliphatic hydroxyl groups is 1. The van der Waals surface area contributed by atoms with Crippen molar-refractivity contribution < 1.29 is 22.3 Å².